The van der Waals surface area contributed by atoms with Crippen molar-refractivity contribution in [1.82, 2.24) is 4.90 Å². The highest BCUT2D eigenvalue weighted by molar-refractivity contribution is 5.84. The Labute approximate surface area is 105 Å². The molecule has 0 bridgehead atoms. The lowest BCUT2D eigenvalue weighted by Crippen LogP contribution is -2.34. The van der Waals surface area contributed by atoms with Crippen molar-refractivity contribution in [3.8, 4) is 0 Å². The molecular formula is C12H18N2O4. The monoisotopic (exact) mass is 254 g/mol. The number of hydrogen-bond donors (Lipinski definition) is 2. The number of primary amides is 1. The van der Waals surface area contributed by atoms with E-state index >= 15 is 0 Å². The summed E-state index contributed by atoms with van der Waals surface area (Å²) in [6.45, 7) is 3.31. The third-order valence-corrected chi connectivity index (χ3v) is 2.46. The van der Waals surface area contributed by atoms with Crippen LogP contribution in [-0.4, -0.2) is 35.0 Å². The van der Waals surface area contributed by atoms with Crippen LogP contribution in [0.4, 0.5) is 0 Å². The largest absolute Gasteiger partial charge is 0.475 e. The molecule has 1 aromatic rings. The van der Waals surface area contributed by atoms with E-state index < -0.39 is 11.9 Å². The highest BCUT2D eigenvalue weighted by atomic mass is 16.4. The van der Waals surface area contributed by atoms with Crippen LogP contribution in [0, 0.1) is 0 Å². The average molecular weight is 254 g/mol. The third kappa shape index (κ3) is 4.58. The first kappa shape index (κ1) is 14.2. The van der Waals surface area contributed by atoms with Gasteiger partial charge in [-0.1, -0.05) is 13.3 Å². The number of furan rings is 1. The van der Waals surface area contributed by atoms with Gasteiger partial charge in [0.15, 0.2) is 0 Å². The summed E-state index contributed by atoms with van der Waals surface area (Å²) in [6, 6.07) is 3.00. The number of aromatic carboxylic acids is 1. The molecule has 0 aliphatic carbocycles. The van der Waals surface area contributed by atoms with Crippen molar-refractivity contribution in [1.29, 1.82) is 0 Å². The fraction of sp³-hybridized carbons (Fsp3) is 0.500. The Morgan fingerprint density at radius 1 is 1.44 bits per heavy atom. The van der Waals surface area contributed by atoms with E-state index in [0.29, 0.717) is 12.3 Å². The van der Waals surface area contributed by atoms with Crippen LogP contribution < -0.4 is 5.73 Å². The molecule has 3 N–H and O–H groups in total. The van der Waals surface area contributed by atoms with Gasteiger partial charge in [-0.05, 0) is 25.1 Å². The first-order valence-electron chi connectivity index (χ1n) is 5.85. The van der Waals surface area contributed by atoms with E-state index in [1.54, 1.807) is 6.07 Å². The predicted molar refractivity (Wildman–Crippen MR) is 65.0 cm³/mol. The Hall–Kier alpha value is -1.82. The topological polar surface area (TPSA) is 96.8 Å². The Bertz CT molecular complexity index is 414. The normalized spacial score (nSPS) is 10.8. The van der Waals surface area contributed by atoms with Gasteiger partial charge in [0.2, 0.25) is 11.7 Å². The van der Waals surface area contributed by atoms with Gasteiger partial charge in [-0.2, -0.15) is 0 Å². The summed E-state index contributed by atoms with van der Waals surface area (Å²) in [7, 11) is 0. The van der Waals surface area contributed by atoms with Crippen LogP contribution in [0.25, 0.3) is 0 Å². The van der Waals surface area contributed by atoms with Crippen LogP contribution in [0.5, 0.6) is 0 Å². The van der Waals surface area contributed by atoms with Crippen molar-refractivity contribution < 1.29 is 19.1 Å². The summed E-state index contributed by atoms with van der Waals surface area (Å²) in [5.41, 5.74) is 5.17. The van der Waals surface area contributed by atoms with E-state index in [4.69, 9.17) is 15.3 Å². The lowest BCUT2D eigenvalue weighted by molar-refractivity contribution is -0.119. The Balaban J connectivity index is 2.62. The molecule has 0 saturated heterocycles. The molecule has 0 fully saturated rings. The van der Waals surface area contributed by atoms with Crippen LogP contribution in [-0.2, 0) is 11.3 Å². The number of unbranched alkanes of at least 4 members (excludes halogenated alkanes) is 1. The first-order chi connectivity index (χ1) is 8.52. The number of amides is 1. The van der Waals surface area contributed by atoms with Crippen molar-refractivity contribution in [3.63, 3.8) is 0 Å². The minimum absolute atomic E-state index is 0.0977. The van der Waals surface area contributed by atoms with Gasteiger partial charge in [0, 0.05) is 0 Å². The first-order valence-corrected chi connectivity index (χ1v) is 5.85. The highest BCUT2D eigenvalue weighted by Gasteiger charge is 2.13. The molecule has 1 rings (SSSR count). The minimum Gasteiger partial charge on any atom is -0.475 e. The summed E-state index contributed by atoms with van der Waals surface area (Å²) < 4.78 is 5.14. The van der Waals surface area contributed by atoms with Crippen molar-refractivity contribution >= 4 is 11.9 Å². The fourth-order valence-corrected chi connectivity index (χ4v) is 1.61. The highest BCUT2D eigenvalue weighted by Crippen LogP contribution is 2.11. The summed E-state index contributed by atoms with van der Waals surface area (Å²) >= 11 is 0. The molecule has 1 heterocycles. The molecule has 0 aliphatic heterocycles. The molecule has 0 aromatic carbocycles. The van der Waals surface area contributed by atoms with E-state index in [-0.39, 0.29) is 12.3 Å². The molecule has 0 atom stereocenters. The molecule has 0 unspecified atom stereocenters. The standard InChI is InChI=1S/C12H18N2O4/c1-2-3-6-14(8-11(13)15)7-9-4-5-10(18-9)12(16)17/h4-5H,2-3,6-8H2,1H3,(H2,13,15)(H,16,17). The number of rotatable bonds is 8. The maximum Gasteiger partial charge on any atom is 0.371 e. The van der Waals surface area contributed by atoms with Gasteiger partial charge in [-0.3, -0.25) is 9.69 Å². The number of carbonyl (C=O) groups is 2. The van der Waals surface area contributed by atoms with Gasteiger partial charge in [-0.25, -0.2) is 4.79 Å². The maximum absolute atomic E-state index is 10.9. The predicted octanol–water partition coefficient (Wildman–Crippen LogP) is 1.07. The average Bonchev–Trinajstić information content (AvgIpc) is 2.73. The van der Waals surface area contributed by atoms with Crippen LogP contribution in [0.2, 0.25) is 0 Å². The number of carboxylic acid groups (broad SMARTS) is 1. The van der Waals surface area contributed by atoms with Crippen molar-refractivity contribution in [2.75, 3.05) is 13.1 Å². The molecule has 0 spiro atoms. The van der Waals surface area contributed by atoms with Crippen LogP contribution >= 0.6 is 0 Å². The van der Waals surface area contributed by atoms with Crippen molar-refractivity contribution in [2.24, 2.45) is 5.73 Å². The third-order valence-electron chi connectivity index (χ3n) is 2.46. The molecule has 6 nitrogen and oxygen atoms in total. The van der Waals surface area contributed by atoms with Crippen molar-refractivity contribution in [2.45, 2.75) is 26.3 Å². The number of nitrogens with zero attached hydrogens (tertiary/aromatic N) is 1. The van der Waals surface area contributed by atoms with Crippen LogP contribution in [0.15, 0.2) is 16.5 Å². The van der Waals surface area contributed by atoms with Gasteiger partial charge >= 0.3 is 5.97 Å². The number of carbonyl (C=O) groups excluding carboxylic acids is 1. The summed E-state index contributed by atoms with van der Waals surface area (Å²) in [6.07, 6.45) is 1.95. The Kier molecular flexibility index (Phi) is 5.38. The molecule has 0 radical (unpaired) electrons. The van der Waals surface area contributed by atoms with Crippen LogP contribution in [0.1, 0.15) is 36.1 Å². The second-order valence-electron chi connectivity index (χ2n) is 4.10. The summed E-state index contributed by atoms with van der Waals surface area (Å²) in [5.74, 6) is -1.09. The van der Waals surface area contributed by atoms with Gasteiger partial charge in [0.05, 0.1) is 13.1 Å². The van der Waals surface area contributed by atoms with E-state index in [2.05, 4.69) is 6.92 Å². The summed E-state index contributed by atoms with van der Waals surface area (Å²) in [4.78, 5) is 23.4. The lowest BCUT2D eigenvalue weighted by Gasteiger charge is -2.18. The van der Waals surface area contributed by atoms with Gasteiger partial charge in [0.25, 0.3) is 0 Å². The Morgan fingerprint density at radius 3 is 2.67 bits per heavy atom. The number of nitrogens with two attached hydrogens (primary N) is 1. The quantitative estimate of drug-likeness (QED) is 0.723. The van der Waals surface area contributed by atoms with E-state index in [9.17, 15) is 9.59 Å². The van der Waals surface area contributed by atoms with E-state index in [1.807, 2.05) is 4.90 Å². The second kappa shape index (κ2) is 6.80. The maximum atomic E-state index is 10.9. The molecular weight excluding hydrogens is 236 g/mol. The van der Waals surface area contributed by atoms with E-state index in [0.717, 1.165) is 19.4 Å². The molecule has 100 valence electrons. The molecule has 1 amide bonds. The second-order valence-corrected chi connectivity index (χ2v) is 4.10. The number of carboxylic acids is 1. The van der Waals surface area contributed by atoms with Gasteiger partial charge in [0.1, 0.15) is 5.76 Å². The van der Waals surface area contributed by atoms with E-state index in [1.165, 1.54) is 6.07 Å². The molecule has 0 saturated carbocycles. The molecule has 6 heteroatoms. The minimum atomic E-state index is -1.10. The van der Waals surface area contributed by atoms with Crippen LogP contribution in [0.3, 0.4) is 0 Å². The van der Waals surface area contributed by atoms with Gasteiger partial charge in [-0.15, -0.1) is 0 Å². The smallest absolute Gasteiger partial charge is 0.371 e. The fourth-order valence-electron chi connectivity index (χ4n) is 1.61. The SMILES string of the molecule is CCCCN(CC(N)=O)Cc1ccc(C(=O)O)o1. The number of hydrogen-bond acceptors (Lipinski definition) is 4. The zero-order chi connectivity index (χ0) is 13.5. The molecule has 1 aromatic heterocycles. The summed E-state index contributed by atoms with van der Waals surface area (Å²) in [5, 5.41) is 8.74. The van der Waals surface area contributed by atoms with Crippen molar-refractivity contribution in [3.05, 3.63) is 23.7 Å². The lowest BCUT2D eigenvalue weighted by atomic mass is 10.3. The Morgan fingerprint density at radius 2 is 2.17 bits per heavy atom. The van der Waals surface area contributed by atoms with Gasteiger partial charge < -0.3 is 15.3 Å². The zero-order valence-corrected chi connectivity index (χ0v) is 10.4. The zero-order valence-electron chi connectivity index (χ0n) is 10.4. The molecule has 0 aliphatic rings. The molecule has 18 heavy (non-hydrogen) atoms.